The molecular formula is C10H18BNO2P. The van der Waals surface area contributed by atoms with Crippen LogP contribution in [0.15, 0.2) is 0 Å². The van der Waals surface area contributed by atoms with Crippen LogP contribution < -0.4 is 0 Å². The highest BCUT2D eigenvalue weighted by Gasteiger charge is 2.32. The van der Waals surface area contributed by atoms with Gasteiger partial charge in [-0.25, -0.2) is 4.79 Å². The van der Waals surface area contributed by atoms with E-state index in [1.165, 1.54) is 0 Å². The minimum Gasteiger partial charge on any atom is -0.444 e. The van der Waals surface area contributed by atoms with E-state index in [4.69, 9.17) is 4.74 Å². The predicted molar refractivity (Wildman–Crippen MR) is 66.3 cm³/mol. The molecule has 0 aromatic carbocycles. The third-order valence-electron chi connectivity index (χ3n) is 2.22. The van der Waals surface area contributed by atoms with Crippen LogP contribution in [0.4, 0.5) is 4.79 Å². The minimum absolute atomic E-state index is 0.136. The average molecular weight is 226 g/mol. The second-order valence-electron chi connectivity index (χ2n) is 4.86. The number of carbonyl (C=O) groups is 1. The van der Waals surface area contributed by atoms with E-state index in [-0.39, 0.29) is 12.1 Å². The number of carbonyl (C=O) groups excluding carboxylic acids is 1. The molecule has 0 aliphatic carbocycles. The van der Waals surface area contributed by atoms with Gasteiger partial charge in [0.2, 0.25) is 0 Å². The van der Waals surface area contributed by atoms with Gasteiger partial charge in [-0.3, -0.25) is 0 Å². The summed E-state index contributed by atoms with van der Waals surface area (Å²) in [6.07, 6.45) is 1.33. The van der Waals surface area contributed by atoms with Gasteiger partial charge in [-0.15, -0.1) is 8.86 Å². The van der Waals surface area contributed by atoms with Crippen LogP contribution in [-0.2, 0) is 4.74 Å². The number of amides is 1. The van der Waals surface area contributed by atoms with Crippen LogP contribution >= 0.6 is 8.86 Å². The van der Waals surface area contributed by atoms with Gasteiger partial charge in [0.1, 0.15) is 12.9 Å². The van der Waals surface area contributed by atoms with Gasteiger partial charge in [-0.2, -0.15) is 0 Å². The maximum absolute atomic E-state index is 11.8. The van der Waals surface area contributed by atoms with Gasteiger partial charge in [-0.1, -0.05) is 6.32 Å². The molecule has 0 saturated carbocycles. The van der Waals surface area contributed by atoms with Gasteiger partial charge in [-0.05, 0) is 39.4 Å². The van der Waals surface area contributed by atoms with Crippen molar-refractivity contribution in [2.75, 3.05) is 6.44 Å². The Morgan fingerprint density at radius 1 is 1.53 bits per heavy atom. The molecule has 0 aromatic heterocycles. The van der Waals surface area contributed by atoms with E-state index in [1.807, 2.05) is 27.7 Å². The van der Waals surface area contributed by atoms with Crippen molar-refractivity contribution in [1.82, 2.24) is 4.90 Å². The lowest BCUT2D eigenvalue weighted by atomic mass is 9.76. The standard InChI is InChI=1S/C10H18BNO2P/c1-7(15)8-5-11-6-12(8)9(13)14-10(2,3)4/h8,15H,5-6H2,1-4H3. The van der Waals surface area contributed by atoms with Crippen molar-refractivity contribution < 1.29 is 9.53 Å². The molecule has 1 unspecified atom stereocenters. The zero-order chi connectivity index (χ0) is 11.6. The average Bonchev–Trinajstić information content (AvgIpc) is 2.47. The summed E-state index contributed by atoms with van der Waals surface area (Å²) in [7, 11) is 5.58. The zero-order valence-corrected chi connectivity index (χ0v) is 10.8. The zero-order valence-electron chi connectivity index (χ0n) is 9.83. The van der Waals surface area contributed by atoms with E-state index >= 15 is 0 Å². The fourth-order valence-corrected chi connectivity index (χ4v) is 1.83. The Morgan fingerprint density at radius 3 is 2.60 bits per heavy atom. The quantitative estimate of drug-likeness (QED) is 0.505. The Hall–Kier alpha value is -0.495. The van der Waals surface area contributed by atoms with Crippen LogP contribution in [0.3, 0.4) is 0 Å². The first-order chi connectivity index (χ1) is 6.81. The summed E-state index contributed by atoms with van der Waals surface area (Å²) in [5, 5.41) is 1.06. The van der Waals surface area contributed by atoms with Gasteiger partial charge < -0.3 is 9.64 Å². The first-order valence-electron chi connectivity index (χ1n) is 5.17. The van der Waals surface area contributed by atoms with Gasteiger partial charge >= 0.3 is 6.09 Å². The molecule has 0 spiro atoms. The van der Waals surface area contributed by atoms with Crippen LogP contribution in [0.25, 0.3) is 0 Å². The molecule has 83 valence electrons. The van der Waals surface area contributed by atoms with Crippen molar-refractivity contribution in [2.45, 2.75) is 45.7 Å². The molecule has 1 saturated heterocycles. The summed E-state index contributed by atoms with van der Waals surface area (Å²) in [6, 6.07) is 0.136. The number of hydrogen-bond donors (Lipinski definition) is 0. The molecule has 1 aliphatic heterocycles. The fraction of sp³-hybridized carbons (Fsp3) is 0.800. The first-order valence-corrected chi connectivity index (χ1v) is 5.67. The molecule has 1 rings (SSSR count). The van der Waals surface area contributed by atoms with Crippen molar-refractivity contribution in [3.05, 3.63) is 0 Å². The molecule has 1 amide bonds. The molecule has 1 atom stereocenters. The molecule has 15 heavy (non-hydrogen) atoms. The lowest BCUT2D eigenvalue weighted by Crippen LogP contribution is -2.42. The van der Waals surface area contributed by atoms with Crippen molar-refractivity contribution in [2.24, 2.45) is 0 Å². The topological polar surface area (TPSA) is 29.5 Å². The second kappa shape index (κ2) is 4.57. The maximum atomic E-state index is 11.8. The van der Waals surface area contributed by atoms with Crippen molar-refractivity contribution in [1.29, 1.82) is 0 Å². The van der Waals surface area contributed by atoms with E-state index < -0.39 is 5.60 Å². The molecule has 1 aliphatic rings. The van der Waals surface area contributed by atoms with E-state index in [2.05, 4.69) is 16.1 Å². The normalized spacial score (nSPS) is 21.1. The third-order valence-corrected chi connectivity index (χ3v) is 2.55. The summed E-state index contributed by atoms with van der Waals surface area (Å²) < 4.78 is 5.33. The van der Waals surface area contributed by atoms with E-state index in [0.717, 1.165) is 11.6 Å². The Bertz CT molecular complexity index is 275. The van der Waals surface area contributed by atoms with Gasteiger partial charge in [0.15, 0.2) is 0 Å². The molecule has 0 N–H and O–H groups in total. The van der Waals surface area contributed by atoms with Crippen molar-refractivity contribution in [3.63, 3.8) is 0 Å². The summed E-state index contributed by atoms with van der Waals surface area (Å²) in [5.74, 6) is 0. The van der Waals surface area contributed by atoms with Gasteiger partial charge in [0, 0.05) is 0 Å². The summed E-state index contributed by atoms with van der Waals surface area (Å²) in [6.45, 7) is 7.61. The molecule has 0 bridgehead atoms. The number of hydrogen-bond acceptors (Lipinski definition) is 2. The first kappa shape index (κ1) is 12.6. The molecule has 0 aromatic rings. The lowest BCUT2D eigenvalue weighted by Gasteiger charge is -2.29. The van der Waals surface area contributed by atoms with Crippen LogP contribution in [0.1, 0.15) is 27.7 Å². The SMILES string of the molecule is CC(=P)C1C[B]CN1C(=O)OC(C)(C)C. The van der Waals surface area contributed by atoms with E-state index in [9.17, 15) is 4.79 Å². The smallest absolute Gasteiger partial charge is 0.410 e. The van der Waals surface area contributed by atoms with Crippen molar-refractivity contribution in [3.8, 4) is 0 Å². The minimum atomic E-state index is -0.427. The van der Waals surface area contributed by atoms with Crippen LogP contribution in [0.2, 0.25) is 6.32 Å². The number of nitrogens with zero attached hydrogens (tertiary/aromatic N) is 1. The predicted octanol–water partition coefficient (Wildman–Crippen LogP) is 2.02. The summed E-state index contributed by atoms with van der Waals surface area (Å²) >= 11 is 0. The van der Waals surface area contributed by atoms with Crippen LogP contribution in [-0.4, -0.2) is 41.7 Å². The number of rotatable bonds is 1. The van der Waals surface area contributed by atoms with E-state index in [0.29, 0.717) is 6.44 Å². The lowest BCUT2D eigenvalue weighted by molar-refractivity contribution is 0.0278. The highest BCUT2D eigenvalue weighted by Crippen LogP contribution is 2.19. The monoisotopic (exact) mass is 226 g/mol. The van der Waals surface area contributed by atoms with Gasteiger partial charge in [0.25, 0.3) is 0 Å². The maximum Gasteiger partial charge on any atom is 0.410 e. The Morgan fingerprint density at radius 2 is 2.13 bits per heavy atom. The molecule has 1 radical (unpaired) electrons. The highest BCUT2D eigenvalue weighted by atomic mass is 31.0. The largest absolute Gasteiger partial charge is 0.444 e. The number of ether oxygens (including phenoxy) is 1. The Kier molecular flexibility index (Phi) is 3.83. The third kappa shape index (κ3) is 3.53. The molecule has 5 heteroatoms. The highest BCUT2D eigenvalue weighted by molar-refractivity contribution is 7.21. The van der Waals surface area contributed by atoms with E-state index in [1.54, 1.807) is 4.90 Å². The second-order valence-corrected chi connectivity index (χ2v) is 5.64. The Labute approximate surface area is 94.6 Å². The fourth-order valence-electron chi connectivity index (χ4n) is 1.56. The summed E-state index contributed by atoms with van der Waals surface area (Å²) in [4.78, 5) is 13.6. The molecule has 1 fully saturated rings. The molecule has 1 heterocycles. The Balaban J connectivity index is 2.63. The van der Waals surface area contributed by atoms with Crippen LogP contribution in [0, 0.1) is 0 Å². The summed E-state index contributed by atoms with van der Waals surface area (Å²) in [5.41, 5.74) is -0.427. The molecular weight excluding hydrogens is 208 g/mol. The van der Waals surface area contributed by atoms with Crippen molar-refractivity contribution >= 4 is 27.5 Å². The van der Waals surface area contributed by atoms with Crippen LogP contribution in [0.5, 0.6) is 0 Å². The van der Waals surface area contributed by atoms with Gasteiger partial charge in [0.05, 0.1) is 6.04 Å². The molecule has 3 nitrogen and oxygen atoms in total.